The van der Waals surface area contributed by atoms with Crippen LogP contribution in [-0.2, 0) is 11.3 Å². The molecule has 7 heteroatoms. The van der Waals surface area contributed by atoms with Gasteiger partial charge in [0.1, 0.15) is 6.10 Å². The highest BCUT2D eigenvalue weighted by Crippen LogP contribution is 2.28. The lowest BCUT2D eigenvalue weighted by Crippen LogP contribution is -2.23. The molecule has 2 fully saturated rings. The molecule has 3 aromatic rings. The van der Waals surface area contributed by atoms with E-state index in [1.807, 2.05) is 35.4 Å². The maximum Gasteiger partial charge on any atom is 0.262 e. The molecule has 3 heterocycles. The van der Waals surface area contributed by atoms with Gasteiger partial charge in [-0.05, 0) is 56.2 Å². The number of amides is 1. The average molecular weight is 491 g/mol. The molecule has 5 rings (SSSR count). The fraction of sp³-hybridized carbons (Fsp3) is 0.552. The molecule has 192 valence electrons. The fourth-order valence-electron chi connectivity index (χ4n) is 5.54. The Labute approximate surface area is 213 Å². The van der Waals surface area contributed by atoms with Gasteiger partial charge in [0.05, 0.1) is 11.8 Å². The molecule has 7 nitrogen and oxygen atoms in total. The summed E-state index contributed by atoms with van der Waals surface area (Å²) in [6, 6.07) is 9.64. The van der Waals surface area contributed by atoms with Crippen molar-refractivity contribution in [1.82, 2.24) is 14.0 Å². The first kappa shape index (κ1) is 24.6. The summed E-state index contributed by atoms with van der Waals surface area (Å²) in [5, 5.41) is 0. The van der Waals surface area contributed by atoms with Gasteiger partial charge >= 0.3 is 0 Å². The second kappa shape index (κ2) is 11.3. The van der Waals surface area contributed by atoms with Crippen LogP contribution in [0, 0.1) is 0 Å². The van der Waals surface area contributed by atoms with Gasteiger partial charge in [-0.3, -0.25) is 14.0 Å². The van der Waals surface area contributed by atoms with Crippen LogP contribution in [0.2, 0.25) is 0 Å². The van der Waals surface area contributed by atoms with Crippen molar-refractivity contribution in [3.63, 3.8) is 0 Å². The van der Waals surface area contributed by atoms with E-state index >= 15 is 0 Å². The molecule has 1 saturated heterocycles. The van der Waals surface area contributed by atoms with Crippen LogP contribution in [0.15, 0.2) is 41.3 Å². The molecule has 1 aliphatic carbocycles. The molecular weight excluding hydrogens is 452 g/mol. The number of unbranched alkanes of at least 4 members (excludes halogenated alkanes) is 2. The number of hydrogen-bond acceptors (Lipinski definition) is 4. The third-order valence-corrected chi connectivity index (χ3v) is 7.57. The Balaban J connectivity index is 1.48. The smallest absolute Gasteiger partial charge is 0.262 e. The average Bonchev–Trinajstić information content (AvgIpc) is 3.45. The molecule has 0 unspecified atom stereocenters. The van der Waals surface area contributed by atoms with Gasteiger partial charge in [-0.1, -0.05) is 51.2 Å². The molecule has 2 aromatic heterocycles. The van der Waals surface area contributed by atoms with Crippen LogP contribution in [0.3, 0.4) is 0 Å². The van der Waals surface area contributed by atoms with E-state index in [2.05, 4.69) is 11.5 Å². The van der Waals surface area contributed by atoms with Crippen LogP contribution in [0.1, 0.15) is 84.0 Å². The van der Waals surface area contributed by atoms with E-state index in [9.17, 15) is 9.59 Å². The van der Waals surface area contributed by atoms with E-state index in [0.717, 1.165) is 68.6 Å². The summed E-state index contributed by atoms with van der Waals surface area (Å²) in [5.74, 6) is 1.26. The summed E-state index contributed by atoms with van der Waals surface area (Å²) >= 11 is 0. The second-order valence-electron chi connectivity index (χ2n) is 10.3. The van der Waals surface area contributed by atoms with Crippen molar-refractivity contribution in [3.8, 4) is 17.1 Å². The first-order valence-corrected chi connectivity index (χ1v) is 13.8. The zero-order chi connectivity index (χ0) is 24.9. The van der Waals surface area contributed by atoms with Gasteiger partial charge in [0.25, 0.3) is 5.56 Å². The Morgan fingerprint density at radius 3 is 2.42 bits per heavy atom. The molecule has 2 aliphatic rings. The van der Waals surface area contributed by atoms with E-state index in [4.69, 9.17) is 9.72 Å². The number of anilines is 1. The number of fused-ring (bicyclic) bond motifs is 1. The van der Waals surface area contributed by atoms with E-state index in [1.54, 1.807) is 4.40 Å². The summed E-state index contributed by atoms with van der Waals surface area (Å²) in [4.78, 5) is 32.0. The number of imidazole rings is 1. The van der Waals surface area contributed by atoms with Gasteiger partial charge in [0, 0.05) is 31.4 Å². The third kappa shape index (κ3) is 5.35. The molecule has 1 amide bonds. The van der Waals surface area contributed by atoms with Gasteiger partial charge in [-0.2, -0.15) is 4.98 Å². The number of aryl methyl sites for hydroxylation is 1. The van der Waals surface area contributed by atoms with Crippen LogP contribution in [0.5, 0.6) is 5.88 Å². The van der Waals surface area contributed by atoms with E-state index in [1.165, 1.54) is 38.2 Å². The largest absolute Gasteiger partial charge is 0.474 e. The number of aromatic nitrogens is 3. The number of ether oxygens (including phenoxy) is 1. The molecule has 0 radical (unpaired) electrons. The monoisotopic (exact) mass is 490 g/mol. The standard InChI is InChI=1S/C29H38N4O3/c1-2-3-9-18-32-25(22-14-16-23(17-15-22)31-19-10-13-27(31)34)21-33-28(35)20-26(30-29(32)33)36-24-11-7-5-4-6-8-12-24/h14-17,20-21,24H,2-13,18-19H2,1H3. The quantitative estimate of drug-likeness (QED) is 0.365. The molecule has 0 N–H and O–H groups in total. The summed E-state index contributed by atoms with van der Waals surface area (Å²) in [7, 11) is 0. The maximum absolute atomic E-state index is 13.1. The first-order valence-electron chi connectivity index (χ1n) is 13.8. The van der Waals surface area contributed by atoms with Gasteiger partial charge in [0.2, 0.25) is 17.6 Å². The zero-order valence-corrected chi connectivity index (χ0v) is 21.5. The van der Waals surface area contributed by atoms with Crippen LogP contribution in [0.25, 0.3) is 17.0 Å². The molecular formula is C29H38N4O3. The number of hydrogen-bond donors (Lipinski definition) is 0. The highest BCUT2D eigenvalue weighted by molar-refractivity contribution is 5.95. The van der Waals surface area contributed by atoms with Crippen LogP contribution >= 0.6 is 0 Å². The van der Waals surface area contributed by atoms with Crippen molar-refractivity contribution in [1.29, 1.82) is 0 Å². The maximum atomic E-state index is 13.1. The Morgan fingerprint density at radius 1 is 0.972 bits per heavy atom. The Morgan fingerprint density at radius 2 is 1.72 bits per heavy atom. The number of carbonyl (C=O) groups is 1. The Kier molecular flexibility index (Phi) is 7.73. The molecule has 1 saturated carbocycles. The van der Waals surface area contributed by atoms with E-state index < -0.39 is 0 Å². The molecule has 0 spiro atoms. The van der Waals surface area contributed by atoms with Crippen LogP contribution < -0.4 is 15.2 Å². The molecule has 0 atom stereocenters. The highest BCUT2D eigenvalue weighted by atomic mass is 16.5. The van der Waals surface area contributed by atoms with Gasteiger partial charge in [-0.15, -0.1) is 0 Å². The van der Waals surface area contributed by atoms with Crippen molar-refractivity contribution in [3.05, 3.63) is 46.9 Å². The van der Waals surface area contributed by atoms with Crippen molar-refractivity contribution in [2.45, 2.75) is 96.6 Å². The number of rotatable bonds is 8. The second-order valence-corrected chi connectivity index (χ2v) is 10.3. The molecule has 1 aromatic carbocycles. The topological polar surface area (TPSA) is 68.8 Å². The van der Waals surface area contributed by atoms with Crippen molar-refractivity contribution in [2.24, 2.45) is 0 Å². The van der Waals surface area contributed by atoms with Gasteiger partial charge in [0.15, 0.2) is 0 Å². The lowest BCUT2D eigenvalue weighted by Gasteiger charge is -2.20. The van der Waals surface area contributed by atoms with Crippen molar-refractivity contribution in [2.75, 3.05) is 11.4 Å². The summed E-state index contributed by atoms with van der Waals surface area (Å²) < 4.78 is 10.1. The number of nitrogens with zero attached hydrogens (tertiary/aromatic N) is 4. The minimum atomic E-state index is -0.115. The van der Waals surface area contributed by atoms with Crippen molar-refractivity contribution >= 4 is 17.4 Å². The normalized spacial score (nSPS) is 17.5. The van der Waals surface area contributed by atoms with E-state index in [0.29, 0.717) is 18.1 Å². The Hall–Kier alpha value is -3.09. The van der Waals surface area contributed by atoms with Crippen LogP contribution in [0.4, 0.5) is 5.69 Å². The summed E-state index contributed by atoms with van der Waals surface area (Å²) in [6.45, 7) is 3.75. The zero-order valence-electron chi connectivity index (χ0n) is 21.5. The highest BCUT2D eigenvalue weighted by Gasteiger charge is 2.22. The lowest BCUT2D eigenvalue weighted by molar-refractivity contribution is -0.117. The molecule has 1 aliphatic heterocycles. The SMILES string of the molecule is CCCCCn1c(-c2ccc(N3CCCC3=O)cc2)cn2c(=O)cc(OC3CCCCCCC3)nc12. The lowest BCUT2D eigenvalue weighted by atomic mass is 9.99. The van der Waals surface area contributed by atoms with Gasteiger partial charge in [-0.25, -0.2) is 0 Å². The number of carbonyl (C=O) groups excluding carboxylic acids is 1. The van der Waals surface area contributed by atoms with Crippen molar-refractivity contribution < 1.29 is 9.53 Å². The minimum absolute atomic E-state index is 0.115. The predicted molar refractivity (Wildman–Crippen MR) is 143 cm³/mol. The first-order chi connectivity index (χ1) is 17.6. The molecule has 36 heavy (non-hydrogen) atoms. The Bertz CT molecular complexity index is 1240. The predicted octanol–water partition coefficient (Wildman–Crippen LogP) is 5.97. The van der Waals surface area contributed by atoms with Gasteiger partial charge < -0.3 is 14.2 Å². The number of benzene rings is 1. The summed E-state index contributed by atoms with van der Waals surface area (Å²) in [5.41, 5.74) is 2.78. The molecule has 0 bridgehead atoms. The van der Waals surface area contributed by atoms with E-state index in [-0.39, 0.29) is 17.6 Å². The van der Waals surface area contributed by atoms with Crippen LogP contribution in [-0.4, -0.2) is 32.5 Å². The fourth-order valence-corrected chi connectivity index (χ4v) is 5.54. The minimum Gasteiger partial charge on any atom is -0.474 e. The third-order valence-electron chi connectivity index (χ3n) is 7.57. The summed E-state index contributed by atoms with van der Waals surface area (Å²) in [6.07, 6.45) is 15.0.